The summed E-state index contributed by atoms with van der Waals surface area (Å²) < 4.78 is 11.7. The van der Waals surface area contributed by atoms with Crippen molar-refractivity contribution in [2.24, 2.45) is 5.10 Å². The second kappa shape index (κ2) is 9.86. The minimum Gasteiger partial charge on any atom is -0.489 e. The zero-order valence-corrected chi connectivity index (χ0v) is 15.6. The average Bonchev–Trinajstić information content (AvgIpc) is 2.59. The van der Waals surface area contributed by atoms with Crippen molar-refractivity contribution in [2.45, 2.75) is 0 Å². The highest BCUT2D eigenvalue weighted by atomic mass is 79.9. The first-order chi connectivity index (χ1) is 12.1. The predicted octanol–water partition coefficient (Wildman–Crippen LogP) is 4.20. The minimum atomic E-state index is -0.389. The number of halogens is 2. The fourth-order valence-corrected chi connectivity index (χ4v) is 2.37. The number of hydrazone groups is 1. The van der Waals surface area contributed by atoms with Crippen molar-refractivity contribution in [1.29, 1.82) is 0 Å². The molecular formula is C18H16BrClN2O3. The fraction of sp³-hybridized carbons (Fsp3) is 0.111. The summed E-state index contributed by atoms with van der Waals surface area (Å²) in [5.41, 5.74) is 3.12. The number of nitrogens with one attached hydrogen (secondary N) is 1. The number of carbonyl (C=O) groups is 1. The van der Waals surface area contributed by atoms with E-state index in [1.807, 2.05) is 12.1 Å². The third-order valence-corrected chi connectivity index (χ3v) is 3.62. The Hall–Kier alpha value is -2.31. The highest BCUT2D eigenvalue weighted by molar-refractivity contribution is 9.10. The molecule has 5 nitrogen and oxygen atoms in total. The van der Waals surface area contributed by atoms with Crippen molar-refractivity contribution in [3.8, 4) is 11.5 Å². The van der Waals surface area contributed by atoms with Crippen molar-refractivity contribution in [3.63, 3.8) is 0 Å². The minimum absolute atomic E-state index is 0.171. The Bertz CT molecular complexity index is 781. The van der Waals surface area contributed by atoms with E-state index in [1.165, 1.54) is 6.21 Å². The van der Waals surface area contributed by atoms with E-state index in [1.54, 1.807) is 36.4 Å². The van der Waals surface area contributed by atoms with Gasteiger partial charge in [0.2, 0.25) is 0 Å². The Morgan fingerprint density at radius 1 is 1.28 bits per heavy atom. The quantitative estimate of drug-likeness (QED) is 0.393. The Kier molecular flexibility index (Phi) is 7.50. The van der Waals surface area contributed by atoms with Gasteiger partial charge in [-0.1, -0.05) is 46.3 Å². The second-order valence-electron chi connectivity index (χ2n) is 4.82. The van der Waals surface area contributed by atoms with Crippen LogP contribution in [-0.4, -0.2) is 25.3 Å². The third kappa shape index (κ3) is 6.60. The van der Waals surface area contributed by atoms with Crippen molar-refractivity contribution >= 4 is 39.7 Å². The van der Waals surface area contributed by atoms with E-state index in [2.05, 4.69) is 33.0 Å². The summed E-state index contributed by atoms with van der Waals surface area (Å²) in [6, 6.07) is 12.3. The van der Waals surface area contributed by atoms with Crippen LogP contribution in [0.1, 0.15) is 5.56 Å². The lowest BCUT2D eigenvalue weighted by atomic mass is 10.2. The van der Waals surface area contributed by atoms with E-state index >= 15 is 0 Å². The molecule has 0 heterocycles. The second-order valence-corrected chi connectivity index (χ2v) is 6.17. The van der Waals surface area contributed by atoms with Crippen LogP contribution in [-0.2, 0) is 4.79 Å². The Balaban J connectivity index is 1.90. The number of rotatable bonds is 8. The summed E-state index contributed by atoms with van der Waals surface area (Å²) >= 11 is 9.24. The number of amides is 1. The Labute approximate surface area is 159 Å². The van der Waals surface area contributed by atoms with Gasteiger partial charge in [0.1, 0.15) is 18.1 Å². The van der Waals surface area contributed by atoms with Crippen LogP contribution in [0, 0.1) is 0 Å². The van der Waals surface area contributed by atoms with Crippen LogP contribution in [0.5, 0.6) is 11.5 Å². The normalized spacial score (nSPS) is 10.5. The van der Waals surface area contributed by atoms with Crippen molar-refractivity contribution in [3.05, 3.63) is 70.2 Å². The average molecular weight is 424 g/mol. The molecule has 0 aromatic heterocycles. The molecule has 1 amide bonds. The maximum Gasteiger partial charge on any atom is 0.277 e. The lowest BCUT2D eigenvalue weighted by Crippen LogP contribution is -2.24. The van der Waals surface area contributed by atoms with Gasteiger partial charge in [-0.25, -0.2) is 5.43 Å². The molecule has 0 fully saturated rings. The maximum atomic E-state index is 11.8. The number of hydrogen-bond acceptors (Lipinski definition) is 4. The first-order valence-corrected chi connectivity index (χ1v) is 8.49. The summed E-state index contributed by atoms with van der Waals surface area (Å²) in [7, 11) is 0. The van der Waals surface area contributed by atoms with Crippen molar-refractivity contribution in [1.82, 2.24) is 5.43 Å². The van der Waals surface area contributed by atoms with E-state index in [0.29, 0.717) is 28.7 Å². The molecule has 0 saturated carbocycles. The topological polar surface area (TPSA) is 59.9 Å². The van der Waals surface area contributed by atoms with Crippen molar-refractivity contribution in [2.75, 3.05) is 13.2 Å². The Morgan fingerprint density at radius 3 is 2.88 bits per heavy atom. The van der Waals surface area contributed by atoms with Crippen LogP contribution in [0.15, 0.2) is 64.7 Å². The molecule has 0 aliphatic rings. The molecule has 7 heteroatoms. The van der Waals surface area contributed by atoms with Crippen LogP contribution in [0.25, 0.3) is 0 Å². The number of nitrogens with zero attached hydrogens (tertiary/aromatic N) is 1. The van der Waals surface area contributed by atoms with Gasteiger partial charge in [-0.05, 0) is 36.4 Å². The van der Waals surface area contributed by atoms with Gasteiger partial charge in [0, 0.05) is 15.1 Å². The molecule has 0 atom stereocenters. The zero-order chi connectivity index (χ0) is 18.1. The summed E-state index contributed by atoms with van der Waals surface area (Å²) in [6.07, 6.45) is 3.15. The fourth-order valence-electron chi connectivity index (χ4n) is 1.81. The van der Waals surface area contributed by atoms with Gasteiger partial charge in [0.05, 0.1) is 6.21 Å². The largest absolute Gasteiger partial charge is 0.489 e. The molecule has 2 aromatic carbocycles. The van der Waals surface area contributed by atoms with Crippen LogP contribution < -0.4 is 14.9 Å². The predicted molar refractivity (Wildman–Crippen MR) is 103 cm³/mol. The molecule has 0 unspecified atom stereocenters. The number of hydrogen-bond donors (Lipinski definition) is 1. The van der Waals surface area contributed by atoms with Gasteiger partial charge >= 0.3 is 0 Å². The highest BCUT2D eigenvalue weighted by Crippen LogP contribution is 2.21. The van der Waals surface area contributed by atoms with Gasteiger partial charge in [-0.3, -0.25) is 4.79 Å². The maximum absolute atomic E-state index is 11.8. The number of carbonyl (C=O) groups excluding carboxylic acids is 1. The molecule has 0 aliphatic heterocycles. The molecular weight excluding hydrogens is 408 g/mol. The SMILES string of the molecule is C=CCOc1ccc(Br)cc1C=NNC(=O)COc1cccc(Cl)c1. The van der Waals surface area contributed by atoms with Gasteiger partial charge < -0.3 is 9.47 Å². The van der Waals surface area contributed by atoms with Crippen LogP contribution >= 0.6 is 27.5 Å². The lowest BCUT2D eigenvalue weighted by Gasteiger charge is -2.07. The van der Waals surface area contributed by atoms with Crippen molar-refractivity contribution < 1.29 is 14.3 Å². The molecule has 130 valence electrons. The summed E-state index contributed by atoms with van der Waals surface area (Å²) in [5.74, 6) is 0.759. The Morgan fingerprint density at radius 2 is 2.12 bits per heavy atom. The standard InChI is InChI=1S/C18H16BrClN2O3/c1-2-8-24-17-7-6-14(19)9-13(17)11-21-22-18(23)12-25-16-5-3-4-15(20)10-16/h2-7,9-11H,1,8,12H2,(H,22,23). The lowest BCUT2D eigenvalue weighted by molar-refractivity contribution is -0.123. The molecule has 2 aromatic rings. The van der Waals surface area contributed by atoms with E-state index in [4.69, 9.17) is 21.1 Å². The third-order valence-electron chi connectivity index (χ3n) is 2.89. The molecule has 0 radical (unpaired) electrons. The number of benzene rings is 2. The molecule has 0 spiro atoms. The molecule has 1 N–H and O–H groups in total. The number of ether oxygens (including phenoxy) is 2. The molecule has 0 saturated heterocycles. The monoisotopic (exact) mass is 422 g/mol. The summed E-state index contributed by atoms with van der Waals surface area (Å²) in [6.45, 7) is 3.82. The van der Waals surface area contributed by atoms with Gasteiger partial charge in [-0.2, -0.15) is 5.10 Å². The summed E-state index contributed by atoms with van der Waals surface area (Å²) in [4.78, 5) is 11.8. The first kappa shape index (κ1) is 19.0. The molecule has 2 rings (SSSR count). The smallest absolute Gasteiger partial charge is 0.277 e. The van der Waals surface area contributed by atoms with Gasteiger partial charge in [-0.15, -0.1) is 0 Å². The van der Waals surface area contributed by atoms with Crippen LogP contribution in [0.2, 0.25) is 5.02 Å². The summed E-state index contributed by atoms with van der Waals surface area (Å²) in [5, 5.41) is 4.46. The zero-order valence-electron chi connectivity index (χ0n) is 13.2. The van der Waals surface area contributed by atoms with E-state index in [0.717, 1.165) is 4.47 Å². The van der Waals surface area contributed by atoms with E-state index in [-0.39, 0.29) is 12.5 Å². The van der Waals surface area contributed by atoms with E-state index in [9.17, 15) is 4.79 Å². The van der Waals surface area contributed by atoms with Crippen LogP contribution in [0.3, 0.4) is 0 Å². The van der Waals surface area contributed by atoms with Gasteiger partial charge in [0.15, 0.2) is 6.61 Å². The molecule has 0 bridgehead atoms. The molecule has 25 heavy (non-hydrogen) atoms. The first-order valence-electron chi connectivity index (χ1n) is 7.32. The highest BCUT2D eigenvalue weighted by Gasteiger charge is 2.04. The van der Waals surface area contributed by atoms with Crippen LogP contribution in [0.4, 0.5) is 0 Å². The van der Waals surface area contributed by atoms with Gasteiger partial charge in [0.25, 0.3) is 5.91 Å². The van der Waals surface area contributed by atoms with E-state index < -0.39 is 0 Å². The molecule has 0 aliphatic carbocycles.